The second kappa shape index (κ2) is 4.44. The molecule has 74 valence electrons. The number of ketones is 1. The SMILES string of the molecule is O=C(O)C(=O)Cc1cc(Cl)ccc1Cl. The van der Waals surface area contributed by atoms with Gasteiger partial charge >= 0.3 is 5.97 Å². The fraction of sp³-hybridized carbons (Fsp3) is 0.111. The van der Waals surface area contributed by atoms with E-state index in [1.165, 1.54) is 12.1 Å². The molecule has 0 amide bonds. The normalized spacial score (nSPS) is 9.86. The average molecular weight is 233 g/mol. The molecule has 1 aromatic rings. The number of rotatable bonds is 3. The Kier molecular flexibility index (Phi) is 3.49. The lowest BCUT2D eigenvalue weighted by atomic mass is 10.1. The Balaban J connectivity index is 2.91. The van der Waals surface area contributed by atoms with E-state index < -0.39 is 11.8 Å². The smallest absolute Gasteiger partial charge is 0.372 e. The van der Waals surface area contributed by atoms with Gasteiger partial charge in [0.2, 0.25) is 5.78 Å². The zero-order valence-corrected chi connectivity index (χ0v) is 8.47. The second-order valence-corrected chi connectivity index (χ2v) is 3.48. The van der Waals surface area contributed by atoms with Crippen molar-refractivity contribution >= 4 is 35.0 Å². The van der Waals surface area contributed by atoms with Gasteiger partial charge in [-0.25, -0.2) is 4.79 Å². The van der Waals surface area contributed by atoms with Gasteiger partial charge in [0.25, 0.3) is 0 Å². The lowest BCUT2D eigenvalue weighted by molar-refractivity contribution is -0.148. The average Bonchev–Trinajstić information content (AvgIpc) is 2.11. The molecule has 1 aromatic carbocycles. The number of hydrogen-bond donors (Lipinski definition) is 1. The van der Waals surface area contributed by atoms with Gasteiger partial charge in [-0.2, -0.15) is 0 Å². The summed E-state index contributed by atoms with van der Waals surface area (Å²) < 4.78 is 0. The molecule has 0 saturated heterocycles. The number of benzene rings is 1. The third-order valence-corrected chi connectivity index (χ3v) is 2.20. The maximum atomic E-state index is 10.9. The number of halogens is 2. The van der Waals surface area contributed by atoms with Crippen LogP contribution < -0.4 is 0 Å². The van der Waals surface area contributed by atoms with Crippen LogP contribution in [0.2, 0.25) is 10.0 Å². The minimum absolute atomic E-state index is 0.241. The van der Waals surface area contributed by atoms with Crippen LogP contribution >= 0.6 is 23.2 Å². The van der Waals surface area contributed by atoms with E-state index in [-0.39, 0.29) is 6.42 Å². The Hall–Kier alpha value is -1.06. The summed E-state index contributed by atoms with van der Waals surface area (Å²) >= 11 is 11.4. The summed E-state index contributed by atoms with van der Waals surface area (Å²) in [7, 11) is 0. The van der Waals surface area contributed by atoms with E-state index in [2.05, 4.69) is 0 Å². The minimum atomic E-state index is -1.47. The van der Waals surface area contributed by atoms with Crippen molar-refractivity contribution < 1.29 is 14.7 Å². The molecule has 0 aromatic heterocycles. The van der Waals surface area contributed by atoms with E-state index in [1.807, 2.05) is 0 Å². The van der Waals surface area contributed by atoms with E-state index in [0.717, 1.165) is 0 Å². The molecule has 0 saturated carbocycles. The van der Waals surface area contributed by atoms with Crippen molar-refractivity contribution in [1.29, 1.82) is 0 Å². The standard InChI is InChI=1S/C9H6Cl2O3/c10-6-1-2-7(11)5(3-6)4-8(12)9(13)14/h1-3H,4H2,(H,13,14). The maximum absolute atomic E-state index is 10.9. The number of carboxylic acid groups (broad SMARTS) is 1. The molecule has 0 unspecified atom stereocenters. The van der Waals surface area contributed by atoms with Crippen molar-refractivity contribution in [1.82, 2.24) is 0 Å². The molecule has 0 bridgehead atoms. The van der Waals surface area contributed by atoms with Crippen LogP contribution in [0.4, 0.5) is 0 Å². The van der Waals surface area contributed by atoms with Gasteiger partial charge in [0.15, 0.2) is 0 Å². The summed E-state index contributed by atoms with van der Waals surface area (Å²) in [6, 6.07) is 4.57. The highest BCUT2D eigenvalue weighted by molar-refractivity contribution is 6.36. The zero-order chi connectivity index (χ0) is 10.7. The molecule has 0 aliphatic heterocycles. The molecule has 0 atom stereocenters. The molecule has 0 fully saturated rings. The number of carbonyl (C=O) groups is 2. The van der Waals surface area contributed by atoms with Crippen LogP contribution in [0.15, 0.2) is 18.2 Å². The molecule has 0 radical (unpaired) electrons. The summed E-state index contributed by atoms with van der Waals surface area (Å²) in [5.41, 5.74) is 0.423. The van der Waals surface area contributed by atoms with Crippen molar-refractivity contribution in [3.63, 3.8) is 0 Å². The van der Waals surface area contributed by atoms with Crippen LogP contribution in [-0.4, -0.2) is 16.9 Å². The topological polar surface area (TPSA) is 54.4 Å². The molecule has 3 nitrogen and oxygen atoms in total. The predicted octanol–water partition coefficient (Wildman–Crippen LogP) is 2.19. The number of carboxylic acids is 1. The van der Waals surface area contributed by atoms with E-state index >= 15 is 0 Å². The van der Waals surface area contributed by atoms with Crippen LogP contribution in [0.3, 0.4) is 0 Å². The van der Waals surface area contributed by atoms with Crippen molar-refractivity contribution in [2.75, 3.05) is 0 Å². The molecule has 0 aliphatic carbocycles. The van der Waals surface area contributed by atoms with Gasteiger partial charge in [0.1, 0.15) is 0 Å². The summed E-state index contributed by atoms with van der Waals surface area (Å²) in [5.74, 6) is -2.38. The van der Waals surface area contributed by atoms with E-state index in [1.54, 1.807) is 6.07 Å². The Labute approximate surface area is 90.3 Å². The Morgan fingerprint density at radius 3 is 2.50 bits per heavy atom. The summed E-state index contributed by atoms with van der Waals surface area (Å²) in [6.45, 7) is 0. The number of carbonyl (C=O) groups excluding carboxylic acids is 1. The Bertz CT molecular complexity index is 388. The molecule has 0 spiro atoms. The molecule has 1 rings (SSSR count). The molecule has 0 aliphatic rings. The van der Waals surface area contributed by atoms with Crippen LogP contribution in [0, 0.1) is 0 Å². The first-order valence-corrected chi connectivity index (χ1v) is 4.46. The van der Waals surface area contributed by atoms with E-state index in [9.17, 15) is 9.59 Å². The van der Waals surface area contributed by atoms with Gasteiger partial charge in [-0.15, -0.1) is 0 Å². The largest absolute Gasteiger partial charge is 0.475 e. The zero-order valence-electron chi connectivity index (χ0n) is 6.96. The first-order chi connectivity index (χ1) is 6.50. The quantitative estimate of drug-likeness (QED) is 0.814. The molecule has 14 heavy (non-hydrogen) atoms. The summed E-state index contributed by atoms with van der Waals surface area (Å²) in [4.78, 5) is 21.1. The van der Waals surface area contributed by atoms with Crippen molar-refractivity contribution in [2.24, 2.45) is 0 Å². The van der Waals surface area contributed by atoms with Crippen molar-refractivity contribution in [3.05, 3.63) is 33.8 Å². The number of Topliss-reactive ketones (excluding diaryl/α,β-unsaturated/α-hetero) is 1. The Morgan fingerprint density at radius 1 is 1.29 bits per heavy atom. The number of aliphatic carboxylic acids is 1. The highest BCUT2D eigenvalue weighted by Gasteiger charge is 2.14. The van der Waals surface area contributed by atoms with Gasteiger partial charge in [-0.3, -0.25) is 4.79 Å². The third kappa shape index (κ3) is 2.72. The fourth-order valence-corrected chi connectivity index (χ4v) is 1.31. The lowest BCUT2D eigenvalue weighted by Crippen LogP contribution is -2.15. The van der Waals surface area contributed by atoms with Crippen molar-refractivity contribution in [3.8, 4) is 0 Å². The van der Waals surface area contributed by atoms with Gasteiger partial charge in [-0.05, 0) is 23.8 Å². The maximum Gasteiger partial charge on any atom is 0.372 e. The monoisotopic (exact) mass is 232 g/mol. The number of hydrogen-bond acceptors (Lipinski definition) is 2. The minimum Gasteiger partial charge on any atom is -0.475 e. The molecular weight excluding hydrogens is 227 g/mol. The fourth-order valence-electron chi connectivity index (χ4n) is 0.927. The van der Waals surface area contributed by atoms with Gasteiger partial charge in [0, 0.05) is 16.5 Å². The van der Waals surface area contributed by atoms with Gasteiger partial charge in [-0.1, -0.05) is 23.2 Å². The van der Waals surface area contributed by atoms with E-state index in [0.29, 0.717) is 15.6 Å². The second-order valence-electron chi connectivity index (χ2n) is 2.64. The van der Waals surface area contributed by atoms with Crippen LogP contribution in [0.25, 0.3) is 0 Å². The van der Waals surface area contributed by atoms with Crippen LogP contribution in [-0.2, 0) is 16.0 Å². The highest BCUT2D eigenvalue weighted by atomic mass is 35.5. The molecule has 5 heteroatoms. The lowest BCUT2D eigenvalue weighted by Gasteiger charge is -2.01. The summed E-state index contributed by atoms with van der Waals surface area (Å²) in [6.07, 6.45) is -0.241. The van der Waals surface area contributed by atoms with Crippen LogP contribution in [0.5, 0.6) is 0 Å². The molecule has 1 N–H and O–H groups in total. The first-order valence-electron chi connectivity index (χ1n) is 3.70. The third-order valence-electron chi connectivity index (χ3n) is 1.60. The van der Waals surface area contributed by atoms with E-state index in [4.69, 9.17) is 28.3 Å². The Morgan fingerprint density at radius 2 is 1.93 bits per heavy atom. The van der Waals surface area contributed by atoms with Gasteiger partial charge < -0.3 is 5.11 Å². The summed E-state index contributed by atoms with van der Waals surface area (Å²) in [5, 5.41) is 9.13. The van der Waals surface area contributed by atoms with Gasteiger partial charge in [0.05, 0.1) is 0 Å². The van der Waals surface area contributed by atoms with Crippen molar-refractivity contribution in [2.45, 2.75) is 6.42 Å². The first kappa shape index (κ1) is 11.0. The molecule has 0 heterocycles. The highest BCUT2D eigenvalue weighted by Crippen LogP contribution is 2.21. The van der Waals surface area contributed by atoms with Crippen LogP contribution in [0.1, 0.15) is 5.56 Å². The molecular formula is C9H6Cl2O3. The predicted molar refractivity (Wildman–Crippen MR) is 52.8 cm³/mol.